The van der Waals surface area contributed by atoms with E-state index < -0.39 is 11.5 Å². The third-order valence-electron chi connectivity index (χ3n) is 4.38. The predicted octanol–water partition coefficient (Wildman–Crippen LogP) is 3.21. The molecule has 0 spiro atoms. The largest absolute Gasteiger partial charge is 0.480 e. The van der Waals surface area contributed by atoms with E-state index in [1.165, 1.54) is 11.1 Å². The van der Waals surface area contributed by atoms with Gasteiger partial charge in [0.05, 0.1) is 0 Å². The second-order valence-electron chi connectivity index (χ2n) is 6.45. The van der Waals surface area contributed by atoms with Gasteiger partial charge in [-0.3, -0.25) is 10.1 Å². The summed E-state index contributed by atoms with van der Waals surface area (Å²) in [7, 11) is 0. The maximum absolute atomic E-state index is 11.9. The average molecular weight is 305 g/mol. The van der Waals surface area contributed by atoms with Crippen LogP contribution in [0.4, 0.5) is 0 Å². The summed E-state index contributed by atoms with van der Waals surface area (Å²) < 4.78 is 0. The number of benzene rings is 1. The van der Waals surface area contributed by atoms with Crippen LogP contribution in [-0.4, -0.2) is 28.4 Å². The van der Waals surface area contributed by atoms with Crippen molar-refractivity contribution in [1.29, 1.82) is 0 Å². The summed E-state index contributed by atoms with van der Waals surface area (Å²) in [6.45, 7) is 2.09. The number of aryl methyl sites for hydroxylation is 1. The second kappa shape index (κ2) is 6.01. The molecule has 3 nitrogen and oxygen atoms in total. The molecule has 1 aromatic rings. The van der Waals surface area contributed by atoms with Crippen LogP contribution in [0, 0.1) is 12.8 Å². The zero-order chi connectivity index (χ0) is 14.9. The Kier molecular flexibility index (Phi) is 4.27. The Morgan fingerprint density at radius 2 is 2.14 bits per heavy atom. The number of rotatable bonds is 8. The topological polar surface area (TPSA) is 49.3 Å². The second-order valence-corrected chi connectivity index (χ2v) is 7.44. The Labute approximate surface area is 130 Å². The van der Waals surface area contributed by atoms with Crippen molar-refractivity contribution in [2.24, 2.45) is 5.92 Å². The first-order valence-corrected chi connectivity index (χ1v) is 8.90. The van der Waals surface area contributed by atoms with Gasteiger partial charge in [0, 0.05) is 17.5 Å². The van der Waals surface area contributed by atoms with Crippen molar-refractivity contribution in [3.8, 4) is 0 Å². The number of carboxylic acids is 1. The Balaban J connectivity index is 1.62. The SMILES string of the molecule is Cc1cccc(CSCC(NC2CC2)(C(=O)O)C2CC2)c1. The van der Waals surface area contributed by atoms with E-state index in [9.17, 15) is 9.90 Å². The summed E-state index contributed by atoms with van der Waals surface area (Å²) in [5.41, 5.74) is 1.84. The fourth-order valence-corrected chi connectivity index (χ4v) is 4.16. The van der Waals surface area contributed by atoms with E-state index in [4.69, 9.17) is 0 Å². The lowest BCUT2D eigenvalue weighted by Gasteiger charge is -2.31. The van der Waals surface area contributed by atoms with Gasteiger partial charge >= 0.3 is 5.97 Å². The molecule has 0 amide bonds. The highest BCUT2D eigenvalue weighted by molar-refractivity contribution is 7.98. The van der Waals surface area contributed by atoms with E-state index in [1.54, 1.807) is 11.8 Å². The molecular weight excluding hydrogens is 282 g/mol. The van der Waals surface area contributed by atoms with Gasteiger partial charge in [-0.2, -0.15) is 11.8 Å². The molecule has 2 aliphatic carbocycles. The molecule has 2 N–H and O–H groups in total. The minimum absolute atomic E-state index is 0.320. The van der Waals surface area contributed by atoms with Gasteiger partial charge in [0.25, 0.3) is 0 Å². The maximum atomic E-state index is 11.9. The highest BCUT2D eigenvalue weighted by atomic mass is 32.2. The van der Waals surface area contributed by atoms with Crippen LogP contribution in [0.3, 0.4) is 0 Å². The molecule has 0 saturated heterocycles. The molecule has 1 atom stereocenters. The molecular formula is C17H23NO2S. The molecule has 114 valence electrons. The quantitative estimate of drug-likeness (QED) is 0.774. The van der Waals surface area contributed by atoms with Crippen molar-refractivity contribution in [3.05, 3.63) is 35.4 Å². The molecule has 4 heteroatoms. The van der Waals surface area contributed by atoms with Crippen LogP contribution in [0.2, 0.25) is 0 Å². The number of carboxylic acid groups (broad SMARTS) is 1. The summed E-state index contributed by atoms with van der Waals surface area (Å²) in [5, 5.41) is 13.2. The molecule has 1 unspecified atom stereocenters. The first-order chi connectivity index (χ1) is 10.1. The molecule has 0 radical (unpaired) electrons. The molecule has 0 heterocycles. The van der Waals surface area contributed by atoms with Gasteiger partial charge in [-0.1, -0.05) is 29.8 Å². The van der Waals surface area contributed by atoms with Crippen LogP contribution in [-0.2, 0) is 10.5 Å². The average Bonchev–Trinajstić information content (AvgIpc) is 3.31. The zero-order valence-corrected chi connectivity index (χ0v) is 13.3. The van der Waals surface area contributed by atoms with E-state index in [-0.39, 0.29) is 0 Å². The first kappa shape index (κ1) is 14.9. The Morgan fingerprint density at radius 3 is 2.71 bits per heavy atom. The van der Waals surface area contributed by atoms with Crippen LogP contribution < -0.4 is 5.32 Å². The molecule has 1 aromatic carbocycles. The van der Waals surface area contributed by atoms with E-state index in [0.717, 1.165) is 31.4 Å². The molecule has 2 saturated carbocycles. The number of thioether (sulfide) groups is 1. The van der Waals surface area contributed by atoms with Crippen LogP contribution >= 0.6 is 11.8 Å². The lowest BCUT2D eigenvalue weighted by Crippen LogP contribution is -2.57. The van der Waals surface area contributed by atoms with Gasteiger partial charge in [-0.15, -0.1) is 0 Å². The number of hydrogen-bond acceptors (Lipinski definition) is 3. The van der Waals surface area contributed by atoms with E-state index in [2.05, 4.69) is 36.5 Å². The van der Waals surface area contributed by atoms with Gasteiger partial charge in [0.1, 0.15) is 5.54 Å². The van der Waals surface area contributed by atoms with Crippen molar-refractivity contribution in [2.45, 2.75) is 49.9 Å². The fraction of sp³-hybridized carbons (Fsp3) is 0.588. The smallest absolute Gasteiger partial charge is 0.325 e. The Bertz CT molecular complexity index is 525. The van der Waals surface area contributed by atoms with Gasteiger partial charge in [0.15, 0.2) is 0 Å². The number of nitrogens with one attached hydrogen (secondary N) is 1. The fourth-order valence-electron chi connectivity index (χ4n) is 2.88. The highest BCUT2D eigenvalue weighted by Gasteiger charge is 2.52. The van der Waals surface area contributed by atoms with Crippen molar-refractivity contribution in [1.82, 2.24) is 5.32 Å². The Hall–Kier alpha value is -1.00. The first-order valence-electron chi connectivity index (χ1n) is 7.74. The summed E-state index contributed by atoms with van der Waals surface area (Å²) in [4.78, 5) is 11.9. The third kappa shape index (κ3) is 3.61. The van der Waals surface area contributed by atoms with Crippen molar-refractivity contribution in [2.75, 3.05) is 5.75 Å². The van der Waals surface area contributed by atoms with E-state index in [1.807, 2.05) is 0 Å². The standard InChI is InChI=1S/C17H23NO2S/c1-12-3-2-4-13(9-12)10-21-11-17(16(19)20,14-5-6-14)18-15-7-8-15/h2-4,9,14-15,18H,5-8,10-11H2,1H3,(H,19,20). The monoisotopic (exact) mass is 305 g/mol. The molecule has 2 fully saturated rings. The summed E-state index contributed by atoms with van der Waals surface area (Å²) in [6, 6.07) is 8.89. The van der Waals surface area contributed by atoms with E-state index >= 15 is 0 Å². The number of carbonyl (C=O) groups is 1. The minimum atomic E-state index is -0.699. The number of aliphatic carboxylic acids is 1. The van der Waals surface area contributed by atoms with Crippen molar-refractivity contribution < 1.29 is 9.90 Å². The van der Waals surface area contributed by atoms with Crippen molar-refractivity contribution in [3.63, 3.8) is 0 Å². The molecule has 21 heavy (non-hydrogen) atoms. The highest BCUT2D eigenvalue weighted by Crippen LogP contribution is 2.43. The molecule has 0 aliphatic heterocycles. The predicted molar refractivity (Wildman–Crippen MR) is 86.6 cm³/mol. The minimum Gasteiger partial charge on any atom is -0.480 e. The van der Waals surface area contributed by atoms with Gasteiger partial charge in [-0.25, -0.2) is 0 Å². The van der Waals surface area contributed by atoms with Crippen LogP contribution in [0.5, 0.6) is 0 Å². The lowest BCUT2D eigenvalue weighted by atomic mass is 9.95. The van der Waals surface area contributed by atoms with Crippen molar-refractivity contribution >= 4 is 17.7 Å². The van der Waals surface area contributed by atoms with E-state index in [0.29, 0.717) is 17.7 Å². The summed E-state index contributed by atoms with van der Waals surface area (Å²) in [5.74, 6) is 1.21. The maximum Gasteiger partial charge on any atom is 0.325 e. The van der Waals surface area contributed by atoms with Crippen LogP contribution in [0.25, 0.3) is 0 Å². The van der Waals surface area contributed by atoms with Gasteiger partial charge in [-0.05, 0) is 44.1 Å². The number of hydrogen-bond donors (Lipinski definition) is 2. The van der Waals surface area contributed by atoms with Crippen LogP contribution in [0.15, 0.2) is 24.3 Å². The van der Waals surface area contributed by atoms with Gasteiger partial charge < -0.3 is 5.11 Å². The third-order valence-corrected chi connectivity index (χ3v) is 5.57. The zero-order valence-electron chi connectivity index (χ0n) is 12.5. The lowest BCUT2D eigenvalue weighted by molar-refractivity contribution is -0.145. The van der Waals surface area contributed by atoms with Crippen LogP contribution in [0.1, 0.15) is 36.8 Å². The molecule has 0 aromatic heterocycles. The molecule has 0 bridgehead atoms. The molecule has 2 aliphatic rings. The van der Waals surface area contributed by atoms with Gasteiger partial charge in [0.2, 0.25) is 0 Å². The normalized spacial score (nSPS) is 21.0. The summed E-state index contributed by atoms with van der Waals surface area (Å²) in [6.07, 6.45) is 4.36. The molecule has 3 rings (SSSR count). The Morgan fingerprint density at radius 1 is 1.38 bits per heavy atom. The summed E-state index contributed by atoms with van der Waals surface area (Å²) >= 11 is 1.75.